The molecule has 0 bridgehead atoms. The Morgan fingerprint density at radius 1 is 1.45 bits per heavy atom. The summed E-state index contributed by atoms with van der Waals surface area (Å²) >= 11 is 0. The Balaban J connectivity index is 1.70. The van der Waals surface area contributed by atoms with Crippen LogP contribution in [0.15, 0.2) is 22.8 Å². The van der Waals surface area contributed by atoms with E-state index in [1.165, 1.54) is 0 Å². The predicted molar refractivity (Wildman–Crippen MR) is 85.7 cm³/mol. The van der Waals surface area contributed by atoms with Crippen LogP contribution in [0.4, 0.5) is 4.79 Å². The number of nitrogens with zero attached hydrogens (tertiary/aromatic N) is 1. The number of carbonyl (C=O) groups is 1. The highest BCUT2D eigenvalue weighted by Crippen LogP contribution is 2.26. The largest absolute Gasteiger partial charge is 0.468 e. The van der Waals surface area contributed by atoms with Gasteiger partial charge in [0.25, 0.3) is 0 Å². The van der Waals surface area contributed by atoms with E-state index in [4.69, 9.17) is 9.15 Å². The number of hydrogen-bond acceptors (Lipinski definition) is 4. The average molecular weight is 308 g/mol. The zero-order chi connectivity index (χ0) is 16.2. The Hall–Kier alpha value is -1.49. The second-order valence-electron chi connectivity index (χ2n) is 7.05. The maximum Gasteiger partial charge on any atom is 0.407 e. The number of amides is 1. The van der Waals surface area contributed by atoms with Crippen molar-refractivity contribution in [2.75, 3.05) is 19.6 Å². The summed E-state index contributed by atoms with van der Waals surface area (Å²) in [5, 5.41) is 2.88. The number of hydrogen-bond donors (Lipinski definition) is 1. The molecule has 5 nitrogen and oxygen atoms in total. The summed E-state index contributed by atoms with van der Waals surface area (Å²) in [6.45, 7) is 10.6. The van der Waals surface area contributed by atoms with E-state index in [-0.39, 0.29) is 6.09 Å². The number of alkyl carbamates (subject to hydrolysis) is 1. The van der Waals surface area contributed by atoms with Crippen LogP contribution in [0.25, 0.3) is 0 Å². The van der Waals surface area contributed by atoms with Crippen LogP contribution >= 0.6 is 0 Å². The Morgan fingerprint density at radius 2 is 2.14 bits per heavy atom. The fourth-order valence-corrected chi connectivity index (χ4v) is 2.80. The normalized spacial score (nSPS) is 18.9. The number of rotatable bonds is 4. The van der Waals surface area contributed by atoms with Gasteiger partial charge in [-0.3, -0.25) is 4.90 Å². The molecule has 2 rings (SSSR count). The topological polar surface area (TPSA) is 54.7 Å². The summed E-state index contributed by atoms with van der Waals surface area (Å²) in [7, 11) is 0. The maximum absolute atomic E-state index is 11.7. The van der Waals surface area contributed by atoms with Crippen LogP contribution in [0, 0.1) is 5.92 Å². The van der Waals surface area contributed by atoms with Gasteiger partial charge in [0.1, 0.15) is 11.4 Å². The SMILES string of the molecule is C[C@H](c1ccco1)N1CCC(CNC(=O)OC(C)(C)C)CC1. The van der Waals surface area contributed by atoms with Crippen molar-refractivity contribution in [2.45, 2.75) is 52.2 Å². The molecule has 1 atom stereocenters. The molecular formula is C17H28N2O3. The molecule has 5 heteroatoms. The van der Waals surface area contributed by atoms with Gasteiger partial charge >= 0.3 is 6.09 Å². The molecule has 1 fully saturated rings. The molecule has 2 heterocycles. The van der Waals surface area contributed by atoms with Crippen molar-refractivity contribution in [3.05, 3.63) is 24.2 Å². The molecule has 0 unspecified atom stereocenters. The van der Waals surface area contributed by atoms with E-state index in [2.05, 4.69) is 17.1 Å². The first-order chi connectivity index (χ1) is 10.3. The van der Waals surface area contributed by atoms with Crippen LogP contribution in [-0.2, 0) is 4.74 Å². The average Bonchev–Trinajstić information content (AvgIpc) is 2.97. The molecular weight excluding hydrogens is 280 g/mol. The minimum absolute atomic E-state index is 0.315. The second kappa shape index (κ2) is 7.18. The van der Waals surface area contributed by atoms with E-state index in [1.807, 2.05) is 32.9 Å². The van der Waals surface area contributed by atoms with Crippen LogP contribution < -0.4 is 5.32 Å². The Kier molecular flexibility index (Phi) is 5.51. The van der Waals surface area contributed by atoms with E-state index in [0.717, 1.165) is 31.7 Å². The van der Waals surface area contributed by atoms with Gasteiger partial charge in [-0.05, 0) is 71.7 Å². The molecule has 0 aromatic carbocycles. The maximum atomic E-state index is 11.7. The number of furan rings is 1. The van der Waals surface area contributed by atoms with Crippen molar-refractivity contribution in [2.24, 2.45) is 5.92 Å². The molecule has 1 aliphatic heterocycles. The van der Waals surface area contributed by atoms with E-state index in [0.29, 0.717) is 18.5 Å². The van der Waals surface area contributed by atoms with Crippen LogP contribution in [0.1, 0.15) is 52.3 Å². The highest BCUT2D eigenvalue weighted by molar-refractivity contribution is 5.67. The lowest BCUT2D eigenvalue weighted by Crippen LogP contribution is -2.40. The molecule has 1 aliphatic rings. The molecule has 0 spiro atoms. The lowest BCUT2D eigenvalue weighted by Gasteiger charge is -2.35. The van der Waals surface area contributed by atoms with Crippen molar-refractivity contribution in [1.82, 2.24) is 10.2 Å². The zero-order valence-electron chi connectivity index (χ0n) is 14.1. The third-order valence-corrected chi connectivity index (χ3v) is 4.09. The summed E-state index contributed by atoms with van der Waals surface area (Å²) in [5.41, 5.74) is -0.439. The predicted octanol–water partition coefficient (Wildman–Crippen LogP) is 3.58. The standard InChI is InChI=1S/C17H28N2O3/c1-13(15-6-5-11-21-15)19-9-7-14(8-10-19)12-18-16(20)22-17(2,3)4/h5-6,11,13-14H,7-10,12H2,1-4H3,(H,18,20)/t13-/m1/s1. The molecule has 1 saturated heterocycles. The Labute approximate surface area is 133 Å². The van der Waals surface area contributed by atoms with E-state index in [9.17, 15) is 4.79 Å². The van der Waals surface area contributed by atoms with Gasteiger partial charge < -0.3 is 14.5 Å². The van der Waals surface area contributed by atoms with Crippen molar-refractivity contribution in [3.63, 3.8) is 0 Å². The van der Waals surface area contributed by atoms with E-state index < -0.39 is 5.60 Å². The summed E-state index contributed by atoms with van der Waals surface area (Å²) in [5.74, 6) is 1.54. The van der Waals surface area contributed by atoms with E-state index >= 15 is 0 Å². The molecule has 1 aromatic rings. The highest BCUT2D eigenvalue weighted by Gasteiger charge is 2.25. The lowest BCUT2D eigenvalue weighted by molar-refractivity contribution is 0.0504. The van der Waals surface area contributed by atoms with Crippen LogP contribution in [-0.4, -0.2) is 36.2 Å². The highest BCUT2D eigenvalue weighted by atomic mass is 16.6. The summed E-state index contributed by atoms with van der Waals surface area (Å²) in [4.78, 5) is 14.1. The Bertz CT molecular complexity index is 457. The monoisotopic (exact) mass is 308 g/mol. The summed E-state index contributed by atoms with van der Waals surface area (Å²) < 4.78 is 10.7. The number of carbonyl (C=O) groups excluding carboxylic acids is 1. The summed E-state index contributed by atoms with van der Waals surface area (Å²) in [6.07, 6.45) is 3.57. The van der Waals surface area contributed by atoms with Gasteiger partial charge in [-0.2, -0.15) is 0 Å². The molecule has 1 aromatic heterocycles. The third kappa shape index (κ3) is 5.05. The van der Waals surface area contributed by atoms with Crippen molar-refractivity contribution >= 4 is 6.09 Å². The van der Waals surface area contributed by atoms with Gasteiger partial charge in [0.15, 0.2) is 0 Å². The fraction of sp³-hybridized carbons (Fsp3) is 0.706. The first-order valence-corrected chi connectivity index (χ1v) is 8.09. The number of piperidine rings is 1. The first kappa shape index (κ1) is 16.9. The van der Waals surface area contributed by atoms with Crippen LogP contribution in [0.3, 0.4) is 0 Å². The number of nitrogens with one attached hydrogen (secondary N) is 1. The number of likely N-dealkylation sites (tertiary alicyclic amines) is 1. The van der Waals surface area contributed by atoms with Gasteiger partial charge in [0, 0.05) is 6.54 Å². The lowest BCUT2D eigenvalue weighted by atomic mass is 9.95. The Morgan fingerprint density at radius 3 is 2.68 bits per heavy atom. The zero-order valence-corrected chi connectivity index (χ0v) is 14.1. The molecule has 0 saturated carbocycles. The van der Waals surface area contributed by atoms with Gasteiger partial charge in [-0.1, -0.05) is 0 Å². The molecule has 124 valence electrons. The smallest absolute Gasteiger partial charge is 0.407 e. The van der Waals surface area contributed by atoms with Crippen LogP contribution in [0.5, 0.6) is 0 Å². The van der Waals surface area contributed by atoms with Crippen molar-refractivity contribution in [3.8, 4) is 0 Å². The van der Waals surface area contributed by atoms with E-state index in [1.54, 1.807) is 6.26 Å². The van der Waals surface area contributed by atoms with Gasteiger partial charge in [-0.25, -0.2) is 4.79 Å². The van der Waals surface area contributed by atoms with Crippen LogP contribution in [0.2, 0.25) is 0 Å². The molecule has 22 heavy (non-hydrogen) atoms. The number of ether oxygens (including phenoxy) is 1. The molecule has 0 aliphatic carbocycles. The fourth-order valence-electron chi connectivity index (χ4n) is 2.80. The molecule has 0 radical (unpaired) electrons. The van der Waals surface area contributed by atoms with Gasteiger partial charge in [-0.15, -0.1) is 0 Å². The minimum atomic E-state index is -0.439. The first-order valence-electron chi connectivity index (χ1n) is 8.09. The van der Waals surface area contributed by atoms with Gasteiger partial charge in [0.05, 0.1) is 12.3 Å². The molecule has 1 amide bonds. The quantitative estimate of drug-likeness (QED) is 0.923. The summed E-state index contributed by atoms with van der Waals surface area (Å²) in [6, 6.07) is 4.28. The third-order valence-electron chi connectivity index (χ3n) is 4.09. The van der Waals surface area contributed by atoms with Gasteiger partial charge in [0.2, 0.25) is 0 Å². The second-order valence-corrected chi connectivity index (χ2v) is 7.05. The van der Waals surface area contributed by atoms with Crippen molar-refractivity contribution < 1.29 is 13.9 Å². The molecule has 1 N–H and O–H groups in total. The van der Waals surface area contributed by atoms with Crippen molar-refractivity contribution in [1.29, 1.82) is 0 Å². The minimum Gasteiger partial charge on any atom is -0.468 e.